The number of anilines is 1. The molecule has 0 radical (unpaired) electrons. The molecule has 110 valence electrons. The molecule has 0 fully saturated rings. The Labute approximate surface area is 130 Å². The van der Waals surface area contributed by atoms with Crippen LogP contribution in [0.3, 0.4) is 0 Å². The summed E-state index contributed by atoms with van der Waals surface area (Å²) in [5.41, 5.74) is 8.30. The second-order valence-corrected chi connectivity index (χ2v) is 6.87. The molecule has 0 amide bonds. The highest BCUT2D eigenvalue weighted by atomic mass is 32.2. The summed E-state index contributed by atoms with van der Waals surface area (Å²) >= 11 is 4.92. The molecule has 6 heteroatoms. The Morgan fingerprint density at radius 2 is 1.81 bits per heavy atom. The van der Waals surface area contributed by atoms with Gasteiger partial charge < -0.3 is 5.73 Å². The first kappa shape index (κ1) is 15.5. The molecule has 0 unspecified atom stereocenters. The van der Waals surface area contributed by atoms with Crippen molar-refractivity contribution in [2.45, 2.75) is 18.7 Å². The van der Waals surface area contributed by atoms with E-state index < -0.39 is 10.0 Å². The molecule has 2 rings (SSSR count). The van der Waals surface area contributed by atoms with E-state index in [4.69, 9.17) is 18.0 Å². The fourth-order valence-corrected chi connectivity index (χ4v) is 3.54. The predicted octanol–water partition coefficient (Wildman–Crippen LogP) is 2.74. The molecule has 0 saturated heterocycles. The number of hydrogen-bond donors (Lipinski definition) is 2. The van der Waals surface area contributed by atoms with Gasteiger partial charge in [-0.1, -0.05) is 42.5 Å². The Balaban J connectivity index is 2.49. The smallest absolute Gasteiger partial charge is 0.262 e. The van der Waals surface area contributed by atoms with Gasteiger partial charge in [0.25, 0.3) is 10.0 Å². The molecule has 0 aliphatic rings. The van der Waals surface area contributed by atoms with E-state index in [9.17, 15) is 8.42 Å². The maximum absolute atomic E-state index is 12.6. The molecule has 4 nitrogen and oxygen atoms in total. The summed E-state index contributed by atoms with van der Waals surface area (Å²) in [4.78, 5) is 0.135. The highest BCUT2D eigenvalue weighted by Gasteiger charge is 2.20. The van der Waals surface area contributed by atoms with Crippen LogP contribution in [-0.2, 0) is 10.0 Å². The van der Waals surface area contributed by atoms with Crippen molar-refractivity contribution in [3.8, 4) is 0 Å². The number of thiocarbonyl (C=S) groups is 1. The van der Waals surface area contributed by atoms with Crippen LogP contribution in [0, 0.1) is 13.8 Å². The minimum atomic E-state index is -3.75. The molecule has 0 heterocycles. The second-order valence-electron chi connectivity index (χ2n) is 4.78. The van der Waals surface area contributed by atoms with Crippen molar-refractivity contribution in [3.05, 3.63) is 59.2 Å². The third kappa shape index (κ3) is 3.40. The van der Waals surface area contributed by atoms with Crippen molar-refractivity contribution < 1.29 is 8.42 Å². The van der Waals surface area contributed by atoms with Gasteiger partial charge in [-0.05, 0) is 37.1 Å². The van der Waals surface area contributed by atoms with Gasteiger partial charge in [0.1, 0.15) is 4.99 Å². The van der Waals surface area contributed by atoms with Gasteiger partial charge in [-0.15, -0.1) is 0 Å². The molecule has 0 aliphatic carbocycles. The number of aryl methyl sites for hydroxylation is 2. The van der Waals surface area contributed by atoms with Crippen LogP contribution in [0.5, 0.6) is 0 Å². The second kappa shape index (κ2) is 5.83. The van der Waals surface area contributed by atoms with Crippen LogP contribution in [0.1, 0.15) is 16.7 Å². The first-order valence-electron chi connectivity index (χ1n) is 6.30. The van der Waals surface area contributed by atoms with Crippen molar-refractivity contribution in [1.82, 2.24) is 0 Å². The van der Waals surface area contributed by atoms with Gasteiger partial charge in [0.2, 0.25) is 0 Å². The highest BCUT2D eigenvalue weighted by Crippen LogP contribution is 2.23. The Hall–Kier alpha value is -1.92. The summed E-state index contributed by atoms with van der Waals surface area (Å²) < 4.78 is 27.7. The lowest BCUT2D eigenvalue weighted by Gasteiger charge is -2.13. The van der Waals surface area contributed by atoms with E-state index in [-0.39, 0.29) is 9.88 Å². The van der Waals surface area contributed by atoms with Crippen molar-refractivity contribution in [2.75, 3.05) is 4.72 Å². The molecule has 0 atom stereocenters. The minimum Gasteiger partial charge on any atom is -0.389 e. The molecule has 0 saturated carbocycles. The Kier molecular flexibility index (Phi) is 4.29. The lowest BCUT2D eigenvalue weighted by atomic mass is 10.1. The van der Waals surface area contributed by atoms with Crippen LogP contribution >= 0.6 is 12.2 Å². The number of sulfonamides is 1. The fraction of sp³-hybridized carbons (Fsp3) is 0.133. The molecule has 0 aromatic heterocycles. The molecule has 0 aliphatic heterocycles. The largest absolute Gasteiger partial charge is 0.389 e. The van der Waals surface area contributed by atoms with E-state index in [0.29, 0.717) is 11.3 Å². The zero-order valence-electron chi connectivity index (χ0n) is 11.8. The van der Waals surface area contributed by atoms with E-state index in [2.05, 4.69) is 4.72 Å². The Morgan fingerprint density at radius 3 is 2.48 bits per heavy atom. The van der Waals surface area contributed by atoms with Gasteiger partial charge in [0, 0.05) is 5.56 Å². The lowest BCUT2D eigenvalue weighted by Crippen LogP contribution is -2.20. The van der Waals surface area contributed by atoms with E-state index >= 15 is 0 Å². The summed E-state index contributed by atoms with van der Waals surface area (Å²) in [5.74, 6) is 0. The molecular weight excluding hydrogens is 304 g/mol. The SMILES string of the molecule is Cc1ccc(C)c(NS(=O)(=O)c2ccccc2C(N)=S)c1. The number of rotatable bonds is 4. The molecule has 0 bridgehead atoms. The summed E-state index contributed by atoms with van der Waals surface area (Å²) in [6, 6.07) is 12.0. The topological polar surface area (TPSA) is 72.2 Å². The minimum absolute atomic E-state index is 0.0527. The average molecular weight is 320 g/mol. The zero-order valence-corrected chi connectivity index (χ0v) is 13.4. The number of benzene rings is 2. The van der Waals surface area contributed by atoms with Crippen molar-refractivity contribution in [1.29, 1.82) is 0 Å². The number of nitrogens with two attached hydrogens (primary N) is 1. The van der Waals surface area contributed by atoms with Gasteiger partial charge in [-0.3, -0.25) is 4.72 Å². The molecule has 2 aromatic carbocycles. The first-order valence-corrected chi connectivity index (χ1v) is 8.19. The summed E-state index contributed by atoms with van der Waals surface area (Å²) in [5, 5.41) is 0. The van der Waals surface area contributed by atoms with Crippen molar-refractivity contribution in [2.24, 2.45) is 5.73 Å². The zero-order chi connectivity index (χ0) is 15.6. The monoisotopic (exact) mass is 320 g/mol. The molecule has 2 aromatic rings. The van der Waals surface area contributed by atoms with E-state index in [1.54, 1.807) is 24.3 Å². The first-order chi connectivity index (χ1) is 9.81. The van der Waals surface area contributed by atoms with Crippen LogP contribution in [0.15, 0.2) is 47.4 Å². The third-order valence-electron chi connectivity index (χ3n) is 3.08. The standard InChI is InChI=1S/C15H16N2O2S2/c1-10-7-8-11(2)13(9-10)17-21(18,19)14-6-4-3-5-12(14)15(16)20/h3-9,17H,1-2H3,(H2,16,20). The van der Waals surface area contributed by atoms with Crippen molar-refractivity contribution in [3.63, 3.8) is 0 Å². The van der Waals surface area contributed by atoms with Crippen LogP contribution < -0.4 is 10.5 Å². The van der Waals surface area contributed by atoms with E-state index in [1.165, 1.54) is 6.07 Å². The quantitative estimate of drug-likeness (QED) is 0.850. The molecule has 21 heavy (non-hydrogen) atoms. The normalized spacial score (nSPS) is 11.1. The number of nitrogens with one attached hydrogen (secondary N) is 1. The van der Waals surface area contributed by atoms with E-state index in [0.717, 1.165) is 11.1 Å². The van der Waals surface area contributed by atoms with Crippen LogP contribution in [0.2, 0.25) is 0 Å². The van der Waals surface area contributed by atoms with Gasteiger partial charge >= 0.3 is 0 Å². The molecule has 3 N–H and O–H groups in total. The van der Waals surface area contributed by atoms with Gasteiger partial charge in [0.05, 0.1) is 10.6 Å². The summed E-state index contributed by atoms with van der Waals surface area (Å²) in [6.07, 6.45) is 0. The van der Waals surface area contributed by atoms with Gasteiger partial charge in [0.15, 0.2) is 0 Å². The average Bonchev–Trinajstić information content (AvgIpc) is 2.42. The fourth-order valence-electron chi connectivity index (χ4n) is 1.95. The predicted molar refractivity (Wildman–Crippen MR) is 89.1 cm³/mol. The molecule has 0 spiro atoms. The maximum atomic E-state index is 12.6. The number of hydrogen-bond acceptors (Lipinski definition) is 3. The highest BCUT2D eigenvalue weighted by molar-refractivity contribution is 7.93. The van der Waals surface area contributed by atoms with Crippen LogP contribution in [0.25, 0.3) is 0 Å². The van der Waals surface area contributed by atoms with E-state index in [1.807, 2.05) is 26.0 Å². The van der Waals surface area contributed by atoms with Crippen molar-refractivity contribution >= 4 is 32.9 Å². The van der Waals surface area contributed by atoms with Crippen LogP contribution in [-0.4, -0.2) is 13.4 Å². The van der Waals surface area contributed by atoms with Gasteiger partial charge in [-0.2, -0.15) is 0 Å². The lowest BCUT2D eigenvalue weighted by molar-refractivity contribution is 0.601. The van der Waals surface area contributed by atoms with Crippen LogP contribution in [0.4, 0.5) is 5.69 Å². The third-order valence-corrected chi connectivity index (χ3v) is 4.72. The molecular formula is C15H16N2O2S2. The summed E-state index contributed by atoms with van der Waals surface area (Å²) in [7, 11) is -3.75. The Morgan fingerprint density at radius 1 is 1.14 bits per heavy atom. The Bertz CT molecular complexity index is 799. The maximum Gasteiger partial charge on any atom is 0.262 e. The summed E-state index contributed by atoms with van der Waals surface area (Å²) in [6.45, 7) is 3.75. The van der Waals surface area contributed by atoms with Gasteiger partial charge in [-0.25, -0.2) is 8.42 Å².